The van der Waals surface area contributed by atoms with Crippen molar-refractivity contribution >= 4 is 5.52 Å². The maximum atomic E-state index is 13.3. The Kier molecular flexibility index (Phi) is 4.59. The summed E-state index contributed by atoms with van der Waals surface area (Å²) in [6, 6.07) is 16.0. The number of nitrogens with one attached hydrogen (secondary N) is 1. The third kappa shape index (κ3) is 3.37. The molecule has 6 nitrogen and oxygen atoms in total. The second-order valence-corrected chi connectivity index (χ2v) is 7.57. The average molecular weight is 404 g/mol. The van der Waals surface area contributed by atoms with Crippen molar-refractivity contribution in [1.82, 2.24) is 19.3 Å². The average Bonchev–Trinajstić information content (AvgIpc) is 3.15. The SMILES string of the molecule is CC(c1cn2c(-c3ccccc3)ncc2c(=O)[nH]1)N1CC(Oc2cccc(F)c2)C1. The van der Waals surface area contributed by atoms with Crippen molar-refractivity contribution in [2.75, 3.05) is 13.1 Å². The molecular formula is C23H21FN4O2. The number of likely N-dealkylation sites (tertiary alicyclic amines) is 1. The van der Waals surface area contributed by atoms with Crippen LogP contribution in [0.15, 0.2) is 71.8 Å². The van der Waals surface area contributed by atoms with Crippen LogP contribution in [0, 0.1) is 5.82 Å². The Morgan fingerprint density at radius 2 is 1.97 bits per heavy atom. The number of ether oxygens (including phenoxy) is 1. The number of imidazole rings is 1. The third-order valence-corrected chi connectivity index (χ3v) is 5.56. The smallest absolute Gasteiger partial charge is 0.274 e. The molecule has 1 saturated heterocycles. The van der Waals surface area contributed by atoms with Crippen molar-refractivity contribution < 1.29 is 9.13 Å². The molecule has 0 amide bonds. The Bertz CT molecular complexity index is 1250. The zero-order valence-electron chi connectivity index (χ0n) is 16.5. The largest absolute Gasteiger partial charge is 0.488 e. The number of nitrogens with zero attached hydrogens (tertiary/aromatic N) is 3. The maximum absolute atomic E-state index is 13.3. The van der Waals surface area contributed by atoms with Crippen molar-refractivity contribution in [3.05, 3.63) is 88.9 Å². The van der Waals surface area contributed by atoms with Crippen LogP contribution in [0.2, 0.25) is 0 Å². The van der Waals surface area contributed by atoms with E-state index in [-0.39, 0.29) is 23.5 Å². The fourth-order valence-electron chi connectivity index (χ4n) is 3.83. The fraction of sp³-hybridized carbons (Fsp3) is 0.217. The number of fused-ring (bicyclic) bond motifs is 1. The molecule has 5 rings (SSSR count). The summed E-state index contributed by atoms with van der Waals surface area (Å²) in [5.74, 6) is 0.964. The fourth-order valence-corrected chi connectivity index (χ4v) is 3.83. The van der Waals surface area contributed by atoms with E-state index in [2.05, 4.69) is 21.8 Å². The number of hydrogen-bond donors (Lipinski definition) is 1. The summed E-state index contributed by atoms with van der Waals surface area (Å²) in [6.45, 7) is 3.45. The first kappa shape index (κ1) is 18.6. The molecule has 1 N–H and O–H groups in total. The van der Waals surface area contributed by atoms with Gasteiger partial charge in [0.05, 0.1) is 11.9 Å². The van der Waals surface area contributed by atoms with Gasteiger partial charge in [-0.25, -0.2) is 9.37 Å². The molecule has 7 heteroatoms. The van der Waals surface area contributed by atoms with Crippen molar-refractivity contribution in [3.8, 4) is 17.1 Å². The number of halogens is 1. The second-order valence-electron chi connectivity index (χ2n) is 7.57. The van der Waals surface area contributed by atoms with E-state index in [0.29, 0.717) is 24.4 Å². The van der Waals surface area contributed by atoms with Crippen LogP contribution in [-0.4, -0.2) is 38.5 Å². The van der Waals surface area contributed by atoms with E-state index in [9.17, 15) is 9.18 Å². The van der Waals surface area contributed by atoms with Crippen LogP contribution in [0.5, 0.6) is 5.75 Å². The number of aromatic amines is 1. The van der Waals surface area contributed by atoms with Gasteiger partial charge in [-0.15, -0.1) is 0 Å². The highest BCUT2D eigenvalue weighted by molar-refractivity contribution is 5.61. The molecule has 0 bridgehead atoms. The Morgan fingerprint density at radius 1 is 1.17 bits per heavy atom. The molecule has 1 aliphatic heterocycles. The highest BCUT2D eigenvalue weighted by atomic mass is 19.1. The molecule has 30 heavy (non-hydrogen) atoms. The topological polar surface area (TPSA) is 62.6 Å². The number of hydrogen-bond acceptors (Lipinski definition) is 4. The molecule has 4 aromatic rings. The molecule has 0 spiro atoms. The van der Waals surface area contributed by atoms with Crippen LogP contribution in [0.4, 0.5) is 4.39 Å². The minimum atomic E-state index is -0.308. The molecule has 1 aliphatic rings. The molecule has 1 fully saturated rings. The standard InChI is InChI=1S/C23H21FN4O2/c1-15(27-12-19(13-27)30-18-9-5-8-17(24)10-18)20-14-28-21(23(29)26-20)11-25-22(28)16-6-3-2-4-7-16/h2-11,14-15,19H,12-13H2,1H3,(H,26,29). The van der Waals surface area contributed by atoms with E-state index in [1.165, 1.54) is 12.1 Å². The number of rotatable bonds is 5. The highest BCUT2D eigenvalue weighted by Gasteiger charge is 2.33. The van der Waals surface area contributed by atoms with Crippen LogP contribution in [0.3, 0.4) is 0 Å². The van der Waals surface area contributed by atoms with Gasteiger partial charge in [0.15, 0.2) is 0 Å². The maximum Gasteiger partial charge on any atom is 0.274 e. The van der Waals surface area contributed by atoms with Crippen LogP contribution in [0.1, 0.15) is 18.7 Å². The van der Waals surface area contributed by atoms with Gasteiger partial charge in [0.1, 0.15) is 29.0 Å². The van der Waals surface area contributed by atoms with Crippen LogP contribution < -0.4 is 10.3 Å². The lowest BCUT2D eigenvalue weighted by molar-refractivity contribution is -0.00652. The molecule has 1 unspecified atom stereocenters. The van der Waals surface area contributed by atoms with E-state index in [4.69, 9.17) is 4.74 Å². The molecule has 0 radical (unpaired) electrons. The molecule has 152 valence electrons. The van der Waals surface area contributed by atoms with Gasteiger partial charge in [0, 0.05) is 37.0 Å². The minimum absolute atomic E-state index is 0.000447. The van der Waals surface area contributed by atoms with Gasteiger partial charge >= 0.3 is 0 Å². The van der Waals surface area contributed by atoms with Crippen molar-refractivity contribution in [2.45, 2.75) is 19.1 Å². The molecule has 0 saturated carbocycles. The Balaban J connectivity index is 1.36. The molecule has 1 atom stereocenters. The minimum Gasteiger partial charge on any atom is -0.488 e. The van der Waals surface area contributed by atoms with E-state index < -0.39 is 0 Å². The summed E-state index contributed by atoms with van der Waals surface area (Å²) >= 11 is 0. The quantitative estimate of drug-likeness (QED) is 0.552. The van der Waals surface area contributed by atoms with E-state index in [1.807, 2.05) is 40.9 Å². The zero-order valence-corrected chi connectivity index (χ0v) is 16.5. The van der Waals surface area contributed by atoms with Gasteiger partial charge in [-0.3, -0.25) is 14.1 Å². The Hall–Kier alpha value is -3.45. The lowest BCUT2D eigenvalue weighted by Crippen LogP contribution is -2.54. The first-order valence-corrected chi connectivity index (χ1v) is 9.90. The first-order valence-electron chi connectivity index (χ1n) is 9.90. The zero-order chi connectivity index (χ0) is 20.7. The molecule has 0 aliphatic carbocycles. The summed E-state index contributed by atoms with van der Waals surface area (Å²) in [4.78, 5) is 22.3. The highest BCUT2D eigenvalue weighted by Crippen LogP contribution is 2.27. The van der Waals surface area contributed by atoms with Gasteiger partial charge in [-0.1, -0.05) is 36.4 Å². The normalized spacial score (nSPS) is 15.8. The monoisotopic (exact) mass is 404 g/mol. The van der Waals surface area contributed by atoms with Crippen LogP contribution >= 0.6 is 0 Å². The van der Waals surface area contributed by atoms with Crippen molar-refractivity contribution in [3.63, 3.8) is 0 Å². The van der Waals surface area contributed by atoms with Crippen LogP contribution in [-0.2, 0) is 0 Å². The van der Waals surface area contributed by atoms with E-state index >= 15 is 0 Å². The first-order chi connectivity index (χ1) is 14.6. The van der Waals surface area contributed by atoms with Crippen molar-refractivity contribution in [2.24, 2.45) is 0 Å². The summed E-state index contributed by atoms with van der Waals surface area (Å²) in [7, 11) is 0. The number of aromatic nitrogens is 3. The molecule has 3 heterocycles. The predicted molar refractivity (Wildman–Crippen MR) is 112 cm³/mol. The lowest BCUT2D eigenvalue weighted by Gasteiger charge is -2.42. The summed E-state index contributed by atoms with van der Waals surface area (Å²) in [5.41, 5.74) is 2.11. The lowest BCUT2D eigenvalue weighted by atomic mass is 10.1. The van der Waals surface area contributed by atoms with Gasteiger partial charge in [0.25, 0.3) is 5.56 Å². The Morgan fingerprint density at radius 3 is 2.73 bits per heavy atom. The van der Waals surface area contributed by atoms with Gasteiger partial charge in [-0.2, -0.15) is 0 Å². The van der Waals surface area contributed by atoms with Gasteiger partial charge < -0.3 is 9.72 Å². The van der Waals surface area contributed by atoms with Crippen LogP contribution in [0.25, 0.3) is 16.9 Å². The summed E-state index contributed by atoms with van der Waals surface area (Å²) < 4.78 is 21.0. The van der Waals surface area contributed by atoms with Gasteiger partial charge in [0.2, 0.25) is 0 Å². The molecular weight excluding hydrogens is 383 g/mol. The third-order valence-electron chi connectivity index (χ3n) is 5.56. The van der Waals surface area contributed by atoms with E-state index in [0.717, 1.165) is 17.1 Å². The molecule has 2 aromatic heterocycles. The summed E-state index contributed by atoms with van der Waals surface area (Å²) in [5, 5.41) is 0. The number of H-pyrrole nitrogens is 1. The second kappa shape index (κ2) is 7.42. The Labute approximate surface area is 172 Å². The summed E-state index contributed by atoms with van der Waals surface area (Å²) in [6.07, 6.45) is 3.54. The van der Waals surface area contributed by atoms with Gasteiger partial charge in [-0.05, 0) is 19.1 Å². The van der Waals surface area contributed by atoms with Crippen molar-refractivity contribution in [1.29, 1.82) is 0 Å². The van der Waals surface area contributed by atoms with E-state index in [1.54, 1.807) is 18.3 Å². The predicted octanol–water partition coefficient (Wildman–Crippen LogP) is 3.65. The number of benzene rings is 2. The molecule has 2 aromatic carbocycles.